The van der Waals surface area contributed by atoms with Gasteiger partial charge in [0, 0.05) is 24.3 Å². The fraction of sp³-hybridized carbons (Fsp3) is 0.357. The van der Waals surface area contributed by atoms with Gasteiger partial charge in [-0.2, -0.15) is 5.26 Å². The van der Waals surface area contributed by atoms with Crippen molar-refractivity contribution in [3.8, 4) is 6.07 Å². The van der Waals surface area contributed by atoms with E-state index in [9.17, 15) is 9.59 Å². The van der Waals surface area contributed by atoms with Crippen LogP contribution in [0.25, 0.3) is 0 Å². The van der Waals surface area contributed by atoms with Gasteiger partial charge in [0.25, 0.3) is 0 Å². The average molecular weight is 259 g/mol. The molecule has 1 N–H and O–H groups in total. The fourth-order valence-corrected chi connectivity index (χ4v) is 1.47. The molecule has 0 aliphatic rings. The largest absolute Gasteiger partial charge is 0.324 e. The van der Waals surface area contributed by atoms with Gasteiger partial charge in [-0.3, -0.25) is 4.79 Å². The van der Waals surface area contributed by atoms with E-state index in [1.807, 2.05) is 13.0 Å². The van der Waals surface area contributed by atoms with Gasteiger partial charge in [0.2, 0.25) is 0 Å². The summed E-state index contributed by atoms with van der Waals surface area (Å²) >= 11 is 0. The van der Waals surface area contributed by atoms with E-state index in [1.54, 1.807) is 31.3 Å². The second-order valence-corrected chi connectivity index (χ2v) is 4.39. The number of Topliss-reactive ketones (excluding diaryl/α,β-unsaturated/α-hetero) is 1. The molecule has 5 nitrogen and oxygen atoms in total. The summed E-state index contributed by atoms with van der Waals surface area (Å²) in [4.78, 5) is 24.5. The van der Waals surface area contributed by atoms with Gasteiger partial charge in [0.15, 0.2) is 5.78 Å². The van der Waals surface area contributed by atoms with Crippen LogP contribution in [-0.4, -0.2) is 29.8 Å². The average Bonchev–Trinajstić information content (AvgIpc) is 2.38. The fourth-order valence-electron chi connectivity index (χ4n) is 1.47. The molecular weight excluding hydrogens is 242 g/mol. The molecule has 1 aromatic carbocycles. The topological polar surface area (TPSA) is 73.2 Å². The molecule has 5 heteroatoms. The molecule has 0 fully saturated rings. The number of carbonyl (C=O) groups excluding carboxylic acids is 2. The van der Waals surface area contributed by atoms with E-state index >= 15 is 0 Å². The molecule has 0 saturated heterocycles. The van der Waals surface area contributed by atoms with E-state index in [1.165, 1.54) is 11.8 Å². The highest BCUT2D eigenvalue weighted by Crippen LogP contribution is 2.11. The molecule has 0 heterocycles. The molecule has 0 bridgehead atoms. The first-order valence-electron chi connectivity index (χ1n) is 5.97. The molecule has 19 heavy (non-hydrogen) atoms. The smallest absolute Gasteiger partial charge is 0.321 e. The monoisotopic (exact) mass is 259 g/mol. The highest BCUT2D eigenvalue weighted by atomic mass is 16.2. The normalized spacial score (nSPS) is 11.3. The van der Waals surface area contributed by atoms with Gasteiger partial charge in [0.05, 0.1) is 12.5 Å². The first-order chi connectivity index (χ1) is 8.95. The van der Waals surface area contributed by atoms with Gasteiger partial charge in [-0.25, -0.2) is 4.79 Å². The van der Waals surface area contributed by atoms with Crippen molar-refractivity contribution in [1.29, 1.82) is 5.26 Å². The molecule has 1 unspecified atom stereocenters. The second kappa shape index (κ2) is 6.55. The van der Waals surface area contributed by atoms with Gasteiger partial charge in [-0.1, -0.05) is 0 Å². The molecule has 100 valence electrons. The van der Waals surface area contributed by atoms with Crippen molar-refractivity contribution < 1.29 is 9.59 Å². The maximum Gasteiger partial charge on any atom is 0.321 e. The Morgan fingerprint density at radius 1 is 1.37 bits per heavy atom. The summed E-state index contributed by atoms with van der Waals surface area (Å²) in [5, 5.41) is 11.3. The van der Waals surface area contributed by atoms with Crippen LogP contribution in [-0.2, 0) is 0 Å². The number of ketones is 1. The molecule has 0 aliphatic carbocycles. The number of amides is 2. The molecule has 0 aromatic heterocycles. The first-order valence-corrected chi connectivity index (χ1v) is 5.97. The molecule has 1 rings (SSSR count). The van der Waals surface area contributed by atoms with Crippen LogP contribution in [0.2, 0.25) is 0 Å². The lowest BCUT2D eigenvalue weighted by molar-refractivity contribution is 0.101. The Bertz CT molecular complexity index is 502. The Kier molecular flexibility index (Phi) is 5.07. The number of hydrogen-bond donors (Lipinski definition) is 1. The standard InChI is InChI=1S/C14H17N3O2/c1-10(8-9-15)17(3)14(19)16-13-6-4-12(5-7-13)11(2)18/h4-7,10H,8H2,1-3H3,(H,16,19). The number of rotatable bonds is 4. The van der Waals surface area contributed by atoms with Gasteiger partial charge in [-0.15, -0.1) is 0 Å². The zero-order chi connectivity index (χ0) is 14.4. The number of nitrogens with zero attached hydrogens (tertiary/aromatic N) is 2. The molecule has 1 atom stereocenters. The van der Waals surface area contributed by atoms with E-state index in [0.717, 1.165) is 0 Å². The summed E-state index contributed by atoms with van der Waals surface area (Å²) in [6.07, 6.45) is 0.285. The first kappa shape index (κ1) is 14.7. The van der Waals surface area contributed by atoms with Crippen LogP contribution in [0.4, 0.5) is 10.5 Å². The number of benzene rings is 1. The lowest BCUT2D eigenvalue weighted by atomic mass is 10.1. The number of urea groups is 1. The van der Waals surface area contributed by atoms with Crippen molar-refractivity contribution in [2.45, 2.75) is 26.3 Å². The number of carbonyl (C=O) groups is 2. The Balaban J connectivity index is 2.67. The quantitative estimate of drug-likeness (QED) is 0.845. The molecule has 0 radical (unpaired) electrons. The Morgan fingerprint density at radius 3 is 2.42 bits per heavy atom. The predicted octanol–water partition coefficient (Wildman–Crippen LogP) is 2.66. The summed E-state index contributed by atoms with van der Waals surface area (Å²) in [5.41, 5.74) is 1.22. The van der Waals surface area contributed by atoms with Crippen molar-refractivity contribution in [2.24, 2.45) is 0 Å². The molecule has 2 amide bonds. The highest BCUT2D eigenvalue weighted by Gasteiger charge is 2.15. The summed E-state index contributed by atoms with van der Waals surface area (Å²) in [7, 11) is 1.64. The maximum atomic E-state index is 11.9. The third-order valence-electron chi connectivity index (χ3n) is 2.91. The van der Waals surface area contributed by atoms with E-state index in [2.05, 4.69) is 5.32 Å². The SMILES string of the molecule is CC(=O)c1ccc(NC(=O)N(C)C(C)CC#N)cc1. The van der Waals surface area contributed by atoms with Crippen molar-refractivity contribution in [2.75, 3.05) is 12.4 Å². The van der Waals surface area contributed by atoms with Crippen molar-refractivity contribution >= 4 is 17.5 Å². The van der Waals surface area contributed by atoms with E-state index in [-0.39, 0.29) is 24.3 Å². The number of nitriles is 1. The van der Waals surface area contributed by atoms with E-state index in [0.29, 0.717) is 11.3 Å². The van der Waals surface area contributed by atoms with Crippen LogP contribution in [0.1, 0.15) is 30.6 Å². The van der Waals surface area contributed by atoms with Crippen LogP contribution >= 0.6 is 0 Å². The molecular formula is C14H17N3O2. The Morgan fingerprint density at radius 2 is 1.95 bits per heavy atom. The van der Waals surface area contributed by atoms with Crippen LogP contribution in [0.15, 0.2) is 24.3 Å². The maximum absolute atomic E-state index is 11.9. The molecule has 0 aliphatic heterocycles. The summed E-state index contributed by atoms with van der Waals surface area (Å²) in [6, 6.07) is 8.28. The van der Waals surface area contributed by atoms with Crippen molar-refractivity contribution in [1.82, 2.24) is 4.90 Å². The van der Waals surface area contributed by atoms with Crippen LogP contribution < -0.4 is 5.32 Å². The predicted molar refractivity (Wildman–Crippen MR) is 72.9 cm³/mol. The number of anilines is 1. The van der Waals surface area contributed by atoms with Gasteiger partial charge < -0.3 is 10.2 Å². The Hall–Kier alpha value is -2.35. The third-order valence-corrected chi connectivity index (χ3v) is 2.91. The van der Waals surface area contributed by atoms with E-state index in [4.69, 9.17) is 5.26 Å². The number of nitrogens with one attached hydrogen (secondary N) is 1. The van der Waals surface area contributed by atoms with Crippen LogP contribution in [0.5, 0.6) is 0 Å². The van der Waals surface area contributed by atoms with Crippen LogP contribution in [0, 0.1) is 11.3 Å². The molecule has 0 saturated carbocycles. The van der Waals surface area contributed by atoms with Crippen molar-refractivity contribution in [3.05, 3.63) is 29.8 Å². The third kappa shape index (κ3) is 4.11. The van der Waals surface area contributed by atoms with E-state index < -0.39 is 0 Å². The number of hydrogen-bond acceptors (Lipinski definition) is 3. The van der Waals surface area contributed by atoms with Gasteiger partial charge in [0.1, 0.15) is 0 Å². The highest BCUT2D eigenvalue weighted by molar-refractivity contribution is 5.95. The summed E-state index contributed by atoms with van der Waals surface area (Å²) < 4.78 is 0. The minimum atomic E-state index is -0.279. The lowest BCUT2D eigenvalue weighted by Gasteiger charge is -2.23. The van der Waals surface area contributed by atoms with Gasteiger partial charge in [-0.05, 0) is 38.1 Å². The van der Waals surface area contributed by atoms with Crippen LogP contribution in [0.3, 0.4) is 0 Å². The molecule has 1 aromatic rings. The minimum Gasteiger partial charge on any atom is -0.324 e. The summed E-state index contributed by atoms with van der Waals surface area (Å²) in [6.45, 7) is 3.30. The van der Waals surface area contributed by atoms with Crippen molar-refractivity contribution in [3.63, 3.8) is 0 Å². The van der Waals surface area contributed by atoms with Gasteiger partial charge >= 0.3 is 6.03 Å². The zero-order valence-corrected chi connectivity index (χ0v) is 11.3. The zero-order valence-electron chi connectivity index (χ0n) is 11.3. The lowest BCUT2D eigenvalue weighted by Crippen LogP contribution is -2.38. The Labute approximate surface area is 112 Å². The minimum absolute atomic E-state index is 0.0161. The second-order valence-electron chi connectivity index (χ2n) is 4.39. The molecule has 0 spiro atoms. The summed E-state index contributed by atoms with van der Waals surface area (Å²) in [5.74, 6) is -0.0161.